The third-order valence-corrected chi connectivity index (χ3v) is 4.03. The van der Waals surface area contributed by atoms with Crippen molar-refractivity contribution >= 4 is 29.9 Å². The van der Waals surface area contributed by atoms with Crippen molar-refractivity contribution in [3.63, 3.8) is 0 Å². The average molecular weight is 362 g/mol. The van der Waals surface area contributed by atoms with Crippen molar-refractivity contribution in [1.82, 2.24) is 5.01 Å². The van der Waals surface area contributed by atoms with Gasteiger partial charge in [-0.3, -0.25) is 14.6 Å². The molecule has 3 aromatic rings. The van der Waals surface area contributed by atoms with Crippen LogP contribution in [-0.4, -0.2) is 17.1 Å². The summed E-state index contributed by atoms with van der Waals surface area (Å²) in [6.07, 6.45) is 8.00. The van der Waals surface area contributed by atoms with Crippen molar-refractivity contribution < 1.29 is 22.8 Å². The van der Waals surface area contributed by atoms with Crippen molar-refractivity contribution in [2.75, 3.05) is 0 Å². The molecule has 0 fully saturated rings. The molecule has 134 valence electrons. The van der Waals surface area contributed by atoms with Crippen molar-refractivity contribution in [2.24, 2.45) is 5.84 Å². The summed E-state index contributed by atoms with van der Waals surface area (Å²) >= 11 is 0. The van der Waals surface area contributed by atoms with Crippen LogP contribution in [-0.2, 0) is 9.59 Å². The molecule has 0 saturated carbocycles. The van der Waals surface area contributed by atoms with Crippen LogP contribution in [0.5, 0.6) is 0 Å². The monoisotopic (exact) mass is 362 g/mol. The van der Waals surface area contributed by atoms with Gasteiger partial charge in [-0.2, -0.15) is 0 Å². The molecular weight excluding hydrogens is 348 g/mol. The molecule has 4 heterocycles. The zero-order valence-electron chi connectivity index (χ0n) is 14.0. The maximum absolute atomic E-state index is 13.1. The fourth-order valence-electron chi connectivity index (χ4n) is 2.84. The summed E-state index contributed by atoms with van der Waals surface area (Å²) in [7, 11) is 0. The van der Waals surface area contributed by atoms with E-state index in [0.29, 0.717) is 23.6 Å². The highest BCUT2D eigenvalue weighted by Crippen LogP contribution is 2.37. The van der Waals surface area contributed by atoms with Gasteiger partial charge in [0.05, 0.1) is 24.4 Å². The lowest BCUT2D eigenvalue weighted by molar-refractivity contribution is -0.113. The van der Waals surface area contributed by atoms with E-state index in [-0.39, 0.29) is 22.5 Å². The van der Waals surface area contributed by atoms with E-state index in [1.165, 1.54) is 36.0 Å². The summed E-state index contributed by atoms with van der Waals surface area (Å²) in [5.74, 6) is 7.02. The van der Waals surface area contributed by atoms with Gasteiger partial charge in [0, 0.05) is 11.6 Å². The van der Waals surface area contributed by atoms with Crippen molar-refractivity contribution in [3.05, 3.63) is 89.3 Å². The Bertz CT molecular complexity index is 1050. The topological polar surface area (TPSA) is 103 Å². The highest BCUT2D eigenvalue weighted by Gasteiger charge is 2.37. The van der Waals surface area contributed by atoms with Crippen LogP contribution in [0.2, 0.25) is 0 Å². The number of ketones is 1. The van der Waals surface area contributed by atoms with Crippen LogP contribution in [0.15, 0.2) is 85.3 Å². The minimum atomic E-state index is -0.426. The molecule has 2 N–H and O–H groups in total. The summed E-state index contributed by atoms with van der Waals surface area (Å²) in [6.45, 7) is 0. The van der Waals surface area contributed by atoms with E-state index in [1.807, 2.05) is 0 Å². The Morgan fingerprint density at radius 2 is 1.63 bits per heavy atom. The maximum Gasteiger partial charge on any atom is 0.214 e. The highest BCUT2D eigenvalue weighted by molar-refractivity contribution is 6.25. The van der Waals surface area contributed by atoms with Crippen LogP contribution in [0.25, 0.3) is 17.8 Å². The standard InChI is InChI=1S/C20H14N2O5/c21-22-16(11-15-5-2-8-26-15)20(24)18(19(22)17-6-3-9-27-17)13(12-23)10-14-4-1-7-25-14/h1-12H,21H2/b13-10-,16-11+. The molecule has 0 unspecified atom stereocenters. The summed E-state index contributed by atoms with van der Waals surface area (Å²) < 4.78 is 16.0. The first-order valence-corrected chi connectivity index (χ1v) is 8.02. The SMILES string of the molecule is NN1C(c2ccco2)=C(/C(C=O)=C\c2ccco2)C(=O)/C1=C\c1ccco1. The molecule has 0 atom stereocenters. The van der Waals surface area contributed by atoms with Gasteiger partial charge in [-0.25, -0.2) is 5.84 Å². The lowest BCUT2D eigenvalue weighted by Gasteiger charge is -2.14. The highest BCUT2D eigenvalue weighted by atomic mass is 16.3. The average Bonchev–Trinajstić information content (AvgIpc) is 3.45. The fourth-order valence-corrected chi connectivity index (χ4v) is 2.84. The molecule has 0 aliphatic carbocycles. The van der Waals surface area contributed by atoms with E-state index in [4.69, 9.17) is 19.1 Å². The lowest BCUT2D eigenvalue weighted by atomic mass is 10.00. The zero-order valence-corrected chi connectivity index (χ0v) is 14.0. The second-order valence-electron chi connectivity index (χ2n) is 5.68. The minimum Gasteiger partial charge on any atom is -0.465 e. The number of furan rings is 3. The van der Waals surface area contributed by atoms with Crippen LogP contribution in [0.1, 0.15) is 17.3 Å². The van der Waals surface area contributed by atoms with Crippen LogP contribution in [0, 0.1) is 0 Å². The molecule has 0 bridgehead atoms. The minimum absolute atomic E-state index is 0.122. The number of hydrogen-bond donors (Lipinski definition) is 1. The number of allylic oxidation sites excluding steroid dienone is 2. The Morgan fingerprint density at radius 3 is 2.22 bits per heavy atom. The van der Waals surface area contributed by atoms with E-state index in [1.54, 1.807) is 36.4 Å². The van der Waals surface area contributed by atoms with Gasteiger partial charge in [-0.15, -0.1) is 0 Å². The molecule has 0 spiro atoms. The maximum atomic E-state index is 13.1. The molecular formula is C20H14N2O5. The second-order valence-corrected chi connectivity index (χ2v) is 5.68. The number of aldehydes is 1. The summed E-state index contributed by atoms with van der Waals surface area (Å²) in [6, 6.07) is 10.1. The number of nitrogens with zero attached hydrogens (tertiary/aromatic N) is 1. The van der Waals surface area contributed by atoms with Gasteiger partial charge in [-0.1, -0.05) is 0 Å². The molecule has 0 saturated heterocycles. The number of hydrogen-bond acceptors (Lipinski definition) is 7. The van der Waals surface area contributed by atoms with Crippen molar-refractivity contribution in [3.8, 4) is 0 Å². The molecule has 27 heavy (non-hydrogen) atoms. The normalized spacial score (nSPS) is 16.6. The second kappa shape index (κ2) is 6.81. The Hall–Kier alpha value is -3.84. The molecule has 0 radical (unpaired) electrons. The van der Waals surface area contributed by atoms with E-state index in [9.17, 15) is 9.59 Å². The van der Waals surface area contributed by atoms with Gasteiger partial charge >= 0.3 is 0 Å². The molecule has 0 amide bonds. The summed E-state index contributed by atoms with van der Waals surface area (Å²) in [5.41, 5.74) is 0.683. The number of hydrazine groups is 1. The largest absolute Gasteiger partial charge is 0.465 e. The third-order valence-electron chi connectivity index (χ3n) is 4.03. The van der Waals surface area contributed by atoms with Gasteiger partial charge < -0.3 is 13.3 Å². The van der Waals surface area contributed by atoms with Gasteiger partial charge in [0.15, 0.2) is 12.0 Å². The van der Waals surface area contributed by atoms with Crippen LogP contribution >= 0.6 is 0 Å². The van der Waals surface area contributed by atoms with E-state index >= 15 is 0 Å². The fraction of sp³-hybridized carbons (Fsp3) is 0. The van der Waals surface area contributed by atoms with Gasteiger partial charge in [0.1, 0.15) is 22.9 Å². The van der Waals surface area contributed by atoms with Gasteiger partial charge in [0.25, 0.3) is 0 Å². The van der Waals surface area contributed by atoms with Gasteiger partial charge in [0.2, 0.25) is 5.78 Å². The summed E-state index contributed by atoms with van der Waals surface area (Å²) in [4.78, 5) is 24.9. The smallest absolute Gasteiger partial charge is 0.214 e. The predicted molar refractivity (Wildman–Crippen MR) is 96.1 cm³/mol. The Labute approximate surface area is 153 Å². The van der Waals surface area contributed by atoms with Crippen molar-refractivity contribution in [2.45, 2.75) is 0 Å². The van der Waals surface area contributed by atoms with E-state index < -0.39 is 5.78 Å². The van der Waals surface area contributed by atoms with E-state index in [0.717, 1.165) is 0 Å². The Morgan fingerprint density at radius 1 is 0.963 bits per heavy atom. The number of Topliss-reactive ketones (excluding diaryl/α,β-unsaturated/α-hetero) is 1. The zero-order chi connectivity index (χ0) is 18.8. The van der Waals surface area contributed by atoms with Gasteiger partial charge in [-0.05, 0) is 42.5 Å². The molecule has 1 aliphatic heterocycles. The predicted octanol–water partition coefficient (Wildman–Crippen LogP) is 3.26. The summed E-state index contributed by atoms with van der Waals surface area (Å²) in [5, 5.41) is 1.19. The number of nitrogens with two attached hydrogens (primary N) is 1. The first-order valence-electron chi connectivity index (χ1n) is 8.02. The van der Waals surface area contributed by atoms with Crippen molar-refractivity contribution in [1.29, 1.82) is 0 Å². The Balaban J connectivity index is 1.88. The number of carbonyl (C=O) groups is 2. The quantitative estimate of drug-likeness (QED) is 0.422. The Kier molecular flexibility index (Phi) is 4.19. The number of rotatable bonds is 5. The number of carbonyl (C=O) groups excluding carboxylic acids is 2. The van der Waals surface area contributed by atoms with Crippen LogP contribution < -0.4 is 5.84 Å². The molecule has 4 rings (SSSR count). The lowest BCUT2D eigenvalue weighted by Crippen LogP contribution is -2.26. The first-order chi connectivity index (χ1) is 13.2. The molecule has 0 aromatic carbocycles. The molecule has 3 aromatic heterocycles. The van der Waals surface area contributed by atoms with E-state index in [2.05, 4.69) is 0 Å². The van der Waals surface area contributed by atoms with Crippen LogP contribution in [0.4, 0.5) is 0 Å². The first kappa shape index (κ1) is 16.6. The van der Waals surface area contributed by atoms with Crippen LogP contribution in [0.3, 0.4) is 0 Å². The molecule has 7 nitrogen and oxygen atoms in total. The molecule has 7 heteroatoms. The molecule has 1 aliphatic rings. The third kappa shape index (κ3) is 2.96.